The average Bonchev–Trinajstić information content (AvgIpc) is 2.89. The van der Waals surface area contributed by atoms with E-state index in [1.54, 1.807) is 0 Å². The van der Waals surface area contributed by atoms with E-state index in [4.69, 9.17) is 0 Å². The Balaban J connectivity index is 1.89. The highest BCUT2D eigenvalue weighted by atomic mass is 15.3. The number of para-hydroxylation sites is 1. The highest BCUT2D eigenvalue weighted by Gasteiger charge is 2.27. The Morgan fingerprint density at radius 2 is 2.11 bits per heavy atom. The molecule has 0 spiro atoms. The highest BCUT2D eigenvalue weighted by molar-refractivity contribution is 5.78. The first-order valence-electron chi connectivity index (χ1n) is 7.56. The zero-order valence-electron chi connectivity index (χ0n) is 11.7. The third kappa shape index (κ3) is 2.52. The number of aromatic nitrogens is 2. The first kappa shape index (κ1) is 12.7. The largest absolute Gasteiger partial charge is 0.312 e. The molecule has 102 valence electrons. The lowest BCUT2D eigenvalue weighted by Crippen LogP contribution is -2.40. The van der Waals surface area contributed by atoms with Gasteiger partial charge in [-0.05, 0) is 31.9 Å². The topological polar surface area (TPSA) is 29.9 Å². The molecule has 1 N–H and O–H groups in total. The van der Waals surface area contributed by atoms with Gasteiger partial charge in [0.2, 0.25) is 0 Å². The molecule has 0 radical (unpaired) electrons. The van der Waals surface area contributed by atoms with Gasteiger partial charge in [-0.25, -0.2) is 0 Å². The number of fused-ring (bicyclic) bond motifs is 1. The third-order valence-electron chi connectivity index (χ3n) is 4.20. The van der Waals surface area contributed by atoms with Gasteiger partial charge in [-0.1, -0.05) is 38.0 Å². The van der Waals surface area contributed by atoms with Gasteiger partial charge in [-0.15, -0.1) is 0 Å². The van der Waals surface area contributed by atoms with Crippen molar-refractivity contribution in [3.05, 3.63) is 30.5 Å². The summed E-state index contributed by atoms with van der Waals surface area (Å²) in [5.74, 6) is 0. The highest BCUT2D eigenvalue weighted by Crippen LogP contribution is 2.30. The molecule has 0 aliphatic heterocycles. The Kier molecular flexibility index (Phi) is 3.83. The van der Waals surface area contributed by atoms with E-state index in [-0.39, 0.29) is 0 Å². The number of benzene rings is 1. The van der Waals surface area contributed by atoms with Crippen LogP contribution in [-0.2, 0) is 0 Å². The Hall–Kier alpha value is -1.35. The molecule has 1 aliphatic rings. The van der Waals surface area contributed by atoms with Crippen molar-refractivity contribution in [2.24, 2.45) is 0 Å². The molecule has 2 aromatic rings. The van der Waals surface area contributed by atoms with Crippen LogP contribution >= 0.6 is 0 Å². The van der Waals surface area contributed by atoms with Crippen LogP contribution in [0.25, 0.3) is 10.9 Å². The summed E-state index contributed by atoms with van der Waals surface area (Å²) >= 11 is 0. The lowest BCUT2D eigenvalue weighted by Gasteiger charge is -2.33. The first-order chi connectivity index (χ1) is 9.40. The molecule has 3 nitrogen and oxygen atoms in total. The van der Waals surface area contributed by atoms with Crippen molar-refractivity contribution in [2.45, 2.75) is 51.1 Å². The van der Waals surface area contributed by atoms with Gasteiger partial charge >= 0.3 is 0 Å². The van der Waals surface area contributed by atoms with Gasteiger partial charge in [0.05, 0.1) is 17.8 Å². The fourth-order valence-electron chi connectivity index (χ4n) is 3.23. The van der Waals surface area contributed by atoms with Crippen LogP contribution < -0.4 is 5.32 Å². The molecule has 1 fully saturated rings. The number of rotatable bonds is 4. The van der Waals surface area contributed by atoms with Gasteiger partial charge in [0.1, 0.15) is 0 Å². The summed E-state index contributed by atoms with van der Waals surface area (Å²) in [5.41, 5.74) is 1.28. The van der Waals surface area contributed by atoms with Gasteiger partial charge in [0.25, 0.3) is 0 Å². The summed E-state index contributed by atoms with van der Waals surface area (Å²) in [5, 5.41) is 9.62. The molecular formula is C16H23N3. The van der Waals surface area contributed by atoms with Crippen LogP contribution in [-0.4, -0.2) is 22.4 Å². The van der Waals surface area contributed by atoms with Crippen LogP contribution in [0.3, 0.4) is 0 Å². The van der Waals surface area contributed by atoms with Crippen molar-refractivity contribution in [3.63, 3.8) is 0 Å². The van der Waals surface area contributed by atoms with E-state index in [0.29, 0.717) is 12.1 Å². The summed E-state index contributed by atoms with van der Waals surface area (Å²) in [6.07, 6.45) is 8.38. The zero-order valence-corrected chi connectivity index (χ0v) is 11.7. The van der Waals surface area contributed by atoms with Crippen LogP contribution in [0.5, 0.6) is 0 Å². The maximum absolute atomic E-state index is 4.65. The number of hydrogen-bond acceptors (Lipinski definition) is 2. The molecule has 0 saturated heterocycles. The van der Waals surface area contributed by atoms with Crippen molar-refractivity contribution >= 4 is 10.9 Å². The van der Waals surface area contributed by atoms with E-state index in [1.165, 1.54) is 43.0 Å². The van der Waals surface area contributed by atoms with Crippen molar-refractivity contribution in [1.29, 1.82) is 0 Å². The van der Waals surface area contributed by atoms with E-state index in [0.717, 1.165) is 6.54 Å². The molecule has 0 amide bonds. The Morgan fingerprint density at radius 1 is 1.26 bits per heavy atom. The normalized spacial score (nSPS) is 23.8. The van der Waals surface area contributed by atoms with E-state index < -0.39 is 0 Å². The second-order valence-electron chi connectivity index (χ2n) is 5.56. The predicted octanol–water partition coefficient (Wildman–Crippen LogP) is 3.52. The summed E-state index contributed by atoms with van der Waals surface area (Å²) in [6.45, 7) is 3.34. The maximum atomic E-state index is 4.65. The van der Waals surface area contributed by atoms with E-state index >= 15 is 0 Å². The van der Waals surface area contributed by atoms with Gasteiger partial charge in [-0.3, -0.25) is 4.68 Å². The summed E-state index contributed by atoms with van der Waals surface area (Å²) in [6, 6.07) is 9.63. The van der Waals surface area contributed by atoms with Gasteiger partial charge in [0, 0.05) is 11.4 Å². The Morgan fingerprint density at radius 3 is 3.00 bits per heavy atom. The molecule has 1 aromatic carbocycles. The van der Waals surface area contributed by atoms with Crippen LogP contribution in [0.15, 0.2) is 30.5 Å². The average molecular weight is 257 g/mol. The van der Waals surface area contributed by atoms with E-state index in [9.17, 15) is 0 Å². The van der Waals surface area contributed by atoms with Gasteiger partial charge in [-0.2, -0.15) is 5.10 Å². The van der Waals surface area contributed by atoms with Crippen LogP contribution in [0.4, 0.5) is 0 Å². The molecule has 1 saturated carbocycles. The van der Waals surface area contributed by atoms with E-state index in [1.807, 2.05) is 6.20 Å². The van der Waals surface area contributed by atoms with E-state index in [2.05, 4.69) is 46.3 Å². The molecule has 2 atom stereocenters. The maximum Gasteiger partial charge on any atom is 0.0686 e. The fraction of sp³-hybridized carbons (Fsp3) is 0.562. The second kappa shape index (κ2) is 5.74. The lowest BCUT2D eigenvalue weighted by atomic mass is 9.90. The number of hydrogen-bond donors (Lipinski definition) is 1. The summed E-state index contributed by atoms with van der Waals surface area (Å²) in [7, 11) is 0. The molecule has 3 heteroatoms. The monoisotopic (exact) mass is 257 g/mol. The minimum absolute atomic E-state index is 0.514. The fourth-order valence-corrected chi connectivity index (χ4v) is 3.23. The van der Waals surface area contributed by atoms with Crippen molar-refractivity contribution in [3.8, 4) is 0 Å². The first-order valence-corrected chi connectivity index (χ1v) is 7.56. The Labute approximate surface area is 115 Å². The molecule has 0 bridgehead atoms. The van der Waals surface area contributed by atoms with Crippen molar-refractivity contribution < 1.29 is 0 Å². The molecule has 1 aromatic heterocycles. The third-order valence-corrected chi connectivity index (χ3v) is 4.20. The standard InChI is InChI=1S/C16H23N3/c1-2-11-17-14-8-4-6-10-16(14)19-15-9-5-3-7-13(15)12-18-19/h3,5,7,9,12,14,16-17H,2,4,6,8,10-11H2,1H3. The molecule has 2 unspecified atom stereocenters. The smallest absolute Gasteiger partial charge is 0.0686 e. The van der Waals surface area contributed by atoms with Crippen molar-refractivity contribution in [1.82, 2.24) is 15.1 Å². The molecular weight excluding hydrogens is 234 g/mol. The zero-order chi connectivity index (χ0) is 13.1. The summed E-state index contributed by atoms with van der Waals surface area (Å²) < 4.78 is 2.25. The number of nitrogens with zero attached hydrogens (tertiary/aromatic N) is 2. The van der Waals surface area contributed by atoms with Crippen LogP contribution in [0.2, 0.25) is 0 Å². The predicted molar refractivity (Wildman–Crippen MR) is 79.3 cm³/mol. The molecule has 3 rings (SSSR count). The molecule has 19 heavy (non-hydrogen) atoms. The Bertz CT molecular complexity index is 532. The number of nitrogens with one attached hydrogen (secondary N) is 1. The lowest BCUT2D eigenvalue weighted by molar-refractivity contribution is 0.253. The van der Waals surface area contributed by atoms with Gasteiger partial charge < -0.3 is 5.32 Å². The quantitative estimate of drug-likeness (QED) is 0.908. The van der Waals surface area contributed by atoms with Crippen molar-refractivity contribution in [2.75, 3.05) is 6.54 Å². The summed E-state index contributed by atoms with van der Waals surface area (Å²) in [4.78, 5) is 0. The van der Waals surface area contributed by atoms with Gasteiger partial charge in [0.15, 0.2) is 0 Å². The minimum atomic E-state index is 0.514. The van der Waals surface area contributed by atoms with Crippen LogP contribution in [0.1, 0.15) is 45.1 Å². The van der Waals surface area contributed by atoms with Crippen LogP contribution in [0, 0.1) is 0 Å². The second-order valence-corrected chi connectivity index (χ2v) is 5.56. The minimum Gasteiger partial charge on any atom is -0.312 e. The molecule has 1 heterocycles. The SMILES string of the molecule is CCCNC1CCCCC1n1ncc2ccccc21. The molecule has 1 aliphatic carbocycles.